The number of pyridine rings is 1. The molecule has 0 amide bonds. The van der Waals surface area contributed by atoms with E-state index >= 15 is 0 Å². The van der Waals surface area contributed by atoms with Crippen molar-refractivity contribution in [1.82, 2.24) is 10.3 Å². The molecule has 0 unspecified atom stereocenters. The lowest BCUT2D eigenvalue weighted by Gasteiger charge is -2.07. The SMILES string of the molecule is CNCc1ccc(-c2cc3c(C)cccc3c(=O)[nH]2)cc1. The summed E-state index contributed by atoms with van der Waals surface area (Å²) in [5, 5.41) is 4.88. The molecule has 0 aliphatic carbocycles. The van der Waals surface area contributed by atoms with Crippen LogP contribution in [0.5, 0.6) is 0 Å². The van der Waals surface area contributed by atoms with Gasteiger partial charge in [-0.2, -0.15) is 0 Å². The summed E-state index contributed by atoms with van der Waals surface area (Å²) in [7, 11) is 1.93. The molecule has 0 radical (unpaired) electrons. The van der Waals surface area contributed by atoms with Gasteiger partial charge in [0.2, 0.25) is 0 Å². The van der Waals surface area contributed by atoms with Gasteiger partial charge in [-0.05, 0) is 48.2 Å². The summed E-state index contributed by atoms with van der Waals surface area (Å²) >= 11 is 0. The monoisotopic (exact) mass is 278 g/mol. The van der Waals surface area contributed by atoms with Gasteiger partial charge in [-0.15, -0.1) is 0 Å². The Hall–Kier alpha value is -2.39. The van der Waals surface area contributed by atoms with Gasteiger partial charge < -0.3 is 10.3 Å². The Kier molecular flexibility index (Phi) is 3.59. The van der Waals surface area contributed by atoms with E-state index in [1.165, 1.54) is 5.56 Å². The molecule has 106 valence electrons. The molecule has 0 bridgehead atoms. The lowest BCUT2D eigenvalue weighted by atomic mass is 10.0. The Morgan fingerprint density at radius 2 is 1.81 bits per heavy atom. The molecule has 0 fully saturated rings. The van der Waals surface area contributed by atoms with E-state index in [-0.39, 0.29) is 5.56 Å². The van der Waals surface area contributed by atoms with E-state index in [1.54, 1.807) is 0 Å². The molecule has 21 heavy (non-hydrogen) atoms. The summed E-state index contributed by atoms with van der Waals surface area (Å²) in [5.41, 5.74) is 4.19. The first-order valence-corrected chi connectivity index (χ1v) is 7.05. The molecule has 0 spiro atoms. The maximum atomic E-state index is 12.2. The third-order valence-corrected chi connectivity index (χ3v) is 3.75. The van der Waals surface area contributed by atoms with Crippen molar-refractivity contribution in [3.8, 4) is 11.3 Å². The predicted octanol–water partition coefficient (Wildman–Crippen LogP) is 3.22. The number of fused-ring (bicyclic) bond motifs is 1. The van der Waals surface area contributed by atoms with Crippen molar-refractivity contribution in [2.24, 2.45) is 0 Å². The molecule has 0 atom stereocenters. The van der Waals surface area contributed by atoms with Crippen LogP contribution in [0.1, 0.15) is 11.1 Å². The number of hydrogen-bond donors (Lipinski definition) is 2. The summed E-state index contributed by atoms with van der Waals surface area (Å²) in [6.07, 6.45) is 0. The molecule has 0 aliphatic rings. The fourth-order valence-corrected chi connectivity index (χ4v) is 2.60. The maximum Gasteiger partial charge on any atom is 0.256 e. The summed E-state index contributed by atoms with van der Waals surface area (Å²) in [4.78, 5) is 15.2. The van der Waals surface area contributed by atoms with Crippen molar-refractivity contribution in [3.05, 3.63) is 70.0 Å². The number of H-pyrrole nitrogens is 1. The molecule has 3 heteroatoms. The van der Waals surface area contributed by atoms with Crippen LogP contribution in [0.3, 0.4) is 0 Å². The molecule has 1 heterocycles. The van der Waals surface area contributed by atoms with Gasteiger partial charge in [0.15, 0.2) is 0 Å². The van der Waals surface area contributed by atoms with E-state index in [9.17, 15) is 4.79 Å². The van der Waals surface area contributed by atoms with E-state index in [4.69, 9.17) is 0 Å². The molecule has 0 saturated carbocycles. The van der Waals surface area contributed by atoms with E-state index in [1.807, 2.05) is 44.3 Å². The van der Waals surface area contributed by atoms with Crippen LogP contribution in [0.25, 0.3) is 22.0 Å². The van der Waals surface area contributed by atoms with Crippen LogP contribution in [0.4, 0.5) is 0 Å². The highest BCUT2D eigenvalue weighted by Gasteiger charge is 2.05. The minimum absolute atomic E-state index is 0.0366. The normalized spacial score (nSPS) is 11.0. The molecule has 2 aromatic carbocycles. The average molecular weight is 278 g/mol. The van der Waals surface area contributed by atoms with Crippen LogP contribution in [0.2, 0.25) is 0 Å². The van der Waals surface area contributed by atoms with Crippen molar-refractivity contribution in [2.45, 2.75) is 13.5 Å². The van der Waals surface area contributed by atoms with Gasteiger partial charge in [-0.1, -0.05) is 36.4 Å². The number of benzene rings is 2. The number of rotatable bonds is 3. The van der Waals surface area contributed by atoms with Gasteiger partial charge in [0.25, 0.3) is 5.56 Å². The second kappa shape index (κ2) is 5.54. The number of aromatic amines is 1. The molecule has 3 aromatic rings. The lowest BCUT2D eigenvalue weighted by molar-refractivity contribution is 0.818. The van der Waals surface area contributed by atoms with Crippen LogP contribution in [-0.4, -0.2) is 12.0 Å². The van der Waals surface area contributed by atoms with Gasteiger partial charge in [-0.25, -0.2) is 0 Å². The van der Waals surface area contributed by atoms with E-state index in [0.717, 1.165) is 34.1 Å². The van der Waals surface area contributed by atoms with Gasteiger partial charge >= 0.3 is 0 Å². The first-order chi connectivity index (χ1) is 10.2. The van der Waals surface area contributed by atoms with Gasteiger partial charge in [0.1, 0.15) is 0 Å². The molecular weight excluding hydrogens is 260 g/mol. The smallest absolute Gasteiger partial charge is 0.256 e. The molecular formula is C18H18N2O. The maximum absolute atomic E-state index is 12.2. The Bertz CT molecular complexity index is 832. The highest BCUT2D eigenvalue weighted by atomic mass is 16.1. The van der Waals surface area contributed by atoms with Gasteiger partial charge in [0.05, 0.1) is 0 Å². The molecule has 0 saturated heterocycles. The van der Waals surface area contributed by atoms with Crippen molar-refractivity contribution in [1.29, 1.82) is 0 Å². The van der Waals surface area contributed by atoms with Gasteiger partial charge in [0, 0.05) is 17.6 Å². The summed E-state index contributed by atoms with van der Waals surface area (Å²) in [5.74, 6) is 0. The van der Waals surface area contributed by atoms with Crippen LogP contribution in [0, 0.1) is 6.92 Å². The lowest BCUT2D eigenvalue weighted by Crippen LogP contribution is -2.08. The molecule has 0 aliphatic heterocycles. The third kappa shape index (κ3) is 2.60. The minimum Gasteiger partial charge on any atom is -0.321 e. The largest absolute Gasteiger partial charge is 0.321 e. The minimum atomic E-state index is -0.0366. The Morgan fingerprint density at radius 3 is 2.52 bits per heavy atom. The molecule has 2 N–H and O–H groups in total. The summed E-state index contributed by atoms with van der Waals surface area (Å²) in [6.45, 7) is 2.87. The quantitative estimate of drug-likeness (QED) is 0.772. The zero-order valence-electron chi connectivity index (χ0n) is 12.2. The van der Waals surface area contributed by atoms with Crippen molar-refractivity contribution >= 4 is 10.8 Å². The van der Waals surface area contributed by atoms with E-state index in [2.05, 4.69) is 28.5 Å². The van der Waals surface area contributed by atoms with Crippen LogP contribution >= 0.6 is 0 Å². The van der Waals surface area contributed by atoms with E-state index < -0.39 is 0 Å². The van der Waals surface area contributed by atoms with Gasteiger partial charge in [-0.3, -0.25) is 4.79 Å². The standard InChI is InChI=1S/C18H18N2O/c1-12-4-3-5-15-16(12)10-17(20-18(15)21)14-8-6-13(7-9-14)11-19-2/h3-10,19H,11H2,1-2H3,(H,20,21). The number of nitrogens with one attached hydrogen (secondary N) is 2. The Balaban J connectivity index is 2.12. The van der Waals surface area contributed by atoms with Crippen molar-refractivity contribution in [2.75, 3.05) is 7.05 Å². The van der Waals surface area contributed by atoms with Crippen molar-refractivity contribution in [3.63, 3.8) is 0 Å². The molecule has 3 nitrogen and oxygen atoms in total. The van der Waals surface area contributed by atoms with Crippen LogP contribution in [-0.2, 0) is 6.54 Å². The van der Waals surface area contributed by atoms with E-state index in [0.29, 0.717) is 0 Å². The van der Waals surface area contributed by atoms with Crippen LogP contribution in [0.15, 0.2) is 53.3 Å². The second-order valence-corrected chi connectivity index (χ2v) is 5.28. The molecule has 1 aromatic heterocycles. The third-order valence-electron chi connectivity index (χ3n) is 3.75. The summed E-state index contributed by atoms with van der Waals surface area (Å²) < 4.78 is 0. The highest BCUT2D eigenvalue weighted by molar-refractivity contribution is 5.87. The first-order valence-electron chi connectivity index (χ1n) is 7.05. The average Bonchev–Trinajstić information content (AvgIpc) is 2.49. The highest BCUT2D eigenvalue weighted by Crippen LogP contribution is 2.22. The Labute approximate surface area is 123 Å². The second-order valence-electron chi connectivity index (χ2n) is 5.28. The van der Waals surface area contributed by atoms with Crippen LogP contribution < -0.4 is 10.9 Å². The number of hydrogen-bond acceptors (Lipinski definition) is 2. The number of aromatic nitrogens is 1. The zero-order chi connectivity index (χ0) is 14.8. The fraction of sp³-hybridized carbons (Fsp3) is 0.167. The topological polar surface area (TPSA) is 44.9 Å². The fourth-order valence-electron chi connectivity index (χ4n) is 2.60. The zero-order valence-corrected chi connectivity index (χ0v) is 12.2. The first kappa shape index (κ1) is 13.6. The predicted molar refractivity (Wildman–Crippen MR) is 87.5 cm³/mol. The van der Waals surface area contributed by atoms with Crippen molar-refractivity contribution < 1.29 is 0 Å². The Morgan fingerprint density at radius 1 is 1.05 bits per heavy atom. The summed E-state index contributed by atoms with van der Waals surface area (Å²) in [6, 6.07) is 16.1. The molecule has 3 rings (SSSR count). The number of aryl methyl sites for hydroxylation is 1.